The lowest BCUT2D eigenvalue weighted by atomic mass is 10.3. The van der Waals surface area contributed by atoms with Crippen LogP contribution < -0.4 is 5.32 Å². The monoisotopic (exact) mass is 373 g/mol. The second kappa shape index (κ2) is 12.8. The van der Waals surface area contributed by atoms with Gasteiger partial charge in [-0.15, -0.1) is 24.0 Å². The first-order valence-electron chi connectivity index (χ1n) is 6.17. The molecule has 0 radical (unpaired) electrons. The van der Waals surface area contributed by atoms with Crippen molar-refractivity contribution in [2.24, 2.45) is 4.99 Å². The lowest BCUT2D eigenvalue weighted by Gasteiger charge is -2.22. The molecule has 1 N–H and O–H groups in total. The summed E-state index contributed by atoms with van der Waals surface area (Å²) in [6.07, 6.45) is 4.58. The van der Waals surface area contributed by atoms with E-state index in [1.54, 1.807) is 0 Å². The molecule has 0 rings (SSSR count). The van der Waals surface area contributed by atoms with E-state index in [2.05, 4.69) is 49.3 Å². The van der Waals surface area contributed by atoms with Crippen LogP contribution in [0.25, 0.3) is 0 Å². The Hall–Kier alpha value is 0.350. The summed E-state index contributed by atoms with van der Waals surface area (Å²) in [4.78, 5) is 6.87. The second-order valence-electron chi connectivity index (χ2n) is 4.02. The maximum atomic E-state index is 4.65. The minimum atomic E-state index is 0. The smallest absolute Gasteiger partial charge is 0.193 e. The Bertz CT molecular complexity index is 200. The summed E-state index contributed by atoms with van der Waals surface area (Å²) in [5.41, 5.74) is 0. The number of thioether (sulfide) groups is 1. The number of guanidine groups is 1. The van der Waals surface area contributed by atoms with Crippen LogP contribution >= 0.6 is 35.7 Å². The van der Waals surface area contributed by atoms with Crippen LogP contribution in [-0.4, -0.2) is 49.0 Å². The number of hydrogen-bond acceptors (Lipinski definition) is 2. The van der Waals surface area contributed by atoms with Gasteiger partial charge in [-0.2, -0.15) is 11.8 Å². The molecule has 3 nitrogen and oxygen atoms in total. The fraction of sp³-hybridized carbons (Fsp3) is 0.917. The standard InChI is InChI=1S/C12H27N3S.HI/c1-6-8-9-15(4)12(13-7-2)14-10-11(3)16-5;/h11H,6-10H2,1-5H3,(H,13,14);1H. The molecule has 0 fully saturated rings. The molecular weight excluding hydrogens is 345 g/mol. The van der Waals surface area contributed by atoms with Crippen molar-refractivity contribution in [3.8, 4) is 0 Å². The first-order chi connectivity index (χ1) is 7.65. The van der Waals surface area contributed by atoms with E-state index in [4.69, 9.17) is 0 Å². The molecule has 17 heavy (non-hydrogen) atoms. The van der Waals surface area contributed by atoms with E-state index >= 15 is 0 Å². The van der Waals surface area contributed by atoms with Crippen LogP contribution in [-0.2, 0) is 0 Å². The Balaban J connectivity index is 0. The summed E-state index contributed by atoms with van der Waals surface area (Å²) in [5.74, 6) is 1.04. The lowest BCUT2D eigenvalue weighted by Crippen LogP contribution is -2.39. The Kier molecular flexibility index (Phi) is 14.8. The quantitative estimate of drug-likeness (QED) is 0.422. The van der Waals surface area contributed by atoms with Crippen molar-refractivity contribution in [1.29, 1.82) is 0 Å². The van der Waals surface area contributed by atoms with Crippen LogP contribution in [0.1, 0.15) is 33.6 Å². The van der Waals surface area contributed by atoms with E-state index in [-0.39, 0.29) is 24.0 Å². The average molecular weight is 373 g/mol. The van der Waals surface area contributed by atoms with Gasteiger partial charge in [0.25, 0.3) is 0 Å². The third-order valence-electron chi connectivity index (χ3n) is 2.44. The zero-order valence-corrected chi connectivity index (χ0v) is 15.0. The number of nitrogens with zero attached hydrogens (tertiary/aromatic N) is 2. The highest BCUT2D eigenvalue weighted by Crippen LogP contribution is 2.05. The van der Waals surface area contributed by atoms with Crippen LogP contribution in [0.3, 0.4) is 0 Å². The third kappa shape index (κ3) is 10.00. The zero-order chi connectivity index (χ0) is 12.4. The van der Waals surface area contributed by atoms with Gasteiger partial charge in [0, 0.05) is 25.4 Å². The highest BCUT2D eigenvalue weighted by molar-refractivity contribution is 14.0. The summed E-state index contributed by atoms with van der Waals surface area (Å²) in [5, 5.41) is 3.93. The molecule has 0 amide bonds. The lowest BCUT2D eigenvalue weighted by molar-refractivity contribution is 0.465. The van der Waals surface area contributed by atoms with Crippen molar-refractivity contribution in [3.05, 3.63) is 0 Å². The number of rotatable bonds is 7. The SMILES string of the molecule is CCCCN(C)C(=NCC(C)SC)NCC.I. The van der Waals surface area contributed by atoms with Gasteiger partial charge in [-0.1, -0.05) is 20.3 Å². The van der Waals surface area contributed by atoms with E-state index in [0.717, 1.165) is 25.6 Å². The Labute approximate surface area is 128 Å². The fourth-order valence-corrected chi connectivity index (χ4v) is 1.48. The molecule has 0 aliphatic rings. The van der Waals surface area contributed by atoms with Crippen LogP contribution in [0, 0.1) is 0 Å². The minimum Gasteiger partial charge on any atom is -0.357 e. The number of aliphatic imine (C=N–C) groups is 1. The third-order valence-corrected chi connectivity index (χ3v) is 3.40. The number of nitrogens with one attached hydrogen (secondary N) is 1. The van der Waals surface area contributed by atoms with Gasteiger partial charge in [0.15, 0.2) is 5.96 Å². The molecule has 0 heterocycles. The summed E-state index contributed by atoms with van der Waals surface area (Å²) >= 11 is 1.86. The molecule has 0 bridgehead atoms. The van der Waals surface area contributed by atoms with Crippen LogP contribution in [0.4, 0.5) is 0 Å². The minimum absolute atomic E-state index is 0. The molecule has 0 aromatic rings. The van der Waals surface area contributed by atoms with Gasteiger partial charge >= 0.3 is 0 Å². The highest BCUT2D eigenvalue weighted by atomic mass is 127. The maximum absolute atomic E-state index is 4.65. The number of hydrogen-bond donors (Lipinski definition) is 1. The number of unbranched alkanes of at least 4 members (excludes halogenated alkanes) is 1. The van der Waals surface area contributed by atoms with E-state index in [1.807, 2.05) is 11.8 Å². The molecule has 0 saturated carbocycles. The van der Waals surface area contributed by atoms with Gasteiger partial charge in [0.05, 0.1) is 6.54 Å². The molecule has 0 spiro atoms. The molecule has 0 aromatic heterocycles. The normalized spacial score (nSPS) is 12.9. The van der Waals surface area contributed by atoms with Gasteiger partial charge in [-0.3, -0.25) is 4.99 Å². The van der Waals surface area contributed by atoms with Crippen molar-refractivity contribution in [1.82, 2.24) is 10.2 Å². The molecule has 0 aliphatic carbocycles. The van der Waals surface area contributed by atoms with E-state index in [1.165, 1.54) is 12.8 Å². The molecule has 0 saturated heterocycles. The van der Waals surface area contributed by atoms with Crippen molar-refractivity contribution < 1.29 is 0 Å². The average Bonchev–Trinajstić information content (AvgIpc) is 2.30. The largest absolute Gasteiger partial charge is 0.357 e. The van der Waals surface area contributed by atoms with E-state index in [0.29, 0.717) is 5.25 Å². The van der Waals surface area contributed by atoms with Crippen LogP contribution in [0.15, 0.2) is 4.99 Å². The molecule has 5 heteroatoms. The van der Waals surface area contributed by atoms with E-state index in [9.17, 15) is 0 Å². The predicted octanol–water partition coefficient (Wildman–Crippen LogP) is 3.05. The van der Waals surface area contributed by atoms with Gasteiger partial charge in [0.2, 0.25) is 0 Å². The highest BCUT2D eigenvalue weighted by Gasteiger charge is 2.05. The first kappa shape index (κ1) is 19.7. The predicted molar refractivity (Wildman–Crippen MR) is 91.9 cm³/mol. The summed E-state index contributed by atoms with van der Waals surface area (Å²) < 4.78 is 0. The van der Waals surface area contributed by atoms with Crippen molar-refractivity contribution in [2.75, 3.05) is 32.9 Å². The van der Waals surface area contributed by atoms with Gasteiger partial charge < -0.3 is 10.2 Å². The molecular formula is C12H28IN3S. The summed E-state index contributed by atoms with van der Waals surface area (Å²) in [6, 6.07) is 0. The Morgan fingerprint density at radius 3 is 2.53 bits per heavy atom. The van der Waals surface area contributed by atoms with Crippen molar-refractivity contribution >= 4 is 41.7 Å². The molecule has 0 aliphatic heterocycles. The summed E-state index contributed by atoms with van der Waals surface area (Å²) in [6.45, 7) is 9.44. The summed E-state index contributed by atoms with van der Waals surface area (Å²) in [7, 11) is 2.11. The number of halogens is 1. The van der Waals surface area contributed by atoms with Gasteiger partial charge in [-0.05, 0) is 19.6 Å². The molecule has 104 valence electrons. The van der Waals surface area contributed by atoms with E-state index < -0.39 is 0 Å². The van der Waals surface area contributed by atoms with Crippen LogP contribution in [0.5, 0.6) is 0 Å². The molecule has 1 atom stereocenters. The van der Waals surface area contributed by atoms with Crippen molar-refractivity contribution in [3.63, 3.8) is 0 Å². The Morgan fingerprint density at radius 1 is 1.41 bits per heavy atom. The fourth-order valence-electron chi connectivity index (χ4n) is 1.26. The first-order valence-corrected chi connectivity index (χ1v) is 7.46. The molecule has 1 unspecified atom stereocenters. The zero-order valence-electron chi connectivity index (χ0n) is 11.8. The van der Waals surface area contributed by atoms with Crippen molar-refractivity contribution in [2.45, 2.75) is 38.9 Å². The maximum Gasteiger partial charge on any atom is 0.193 e. The van der Waals surface area contributed by atoms with Gasteiger partial charge in [-0.25, -0.2) is 0 Å². The topological polar surface area (TPSA) is 27.6 Å². The Morgan fingerprint density at radius 2 is 2.06 bits per heavy atom. The molecule has 0 aromatic carbocycles. The second-order valence-corrected chi connectivity index (χ2v) is 5.29. The van der Waals surface area contributed by atoms with Gasteiger partial charge in [0.1, 0.15) is 0 Å². The van der Waals surface area contributed by atoms with Crippen LogP contribution in [0.2, 0.25) is 0 Å².